The molecule has 0 fully saturated rings. The van der Waals surface area contributed by atoms with Crippen LogP contribution >= 0.6 is 11.6 Å². The fourth-order valence-electron chi connectivity index (χ4n) is 3.29. The van der Waals surface area contributed by atoms with Crippen molar-refractivity contribution in [2.75, 3.05) is 5.32 Å². The Kier molecular flexibility index (Phi) is 4.35. The number of rotatable bonds is 3. The maximum atomic E-state index is 14.8. The summed E-state index contributed by atoms with van der Waals surface area (Å²) in [5.74, 6) is -0.551. The first-order valence-electron chi connectivity index (χ1n) is 8.46. The maximum Gasteiger partial charge on any atom is 0.274 e. The number of aromatic nitrogens is 3. The fraction of sp³-hybridized carbons (Fsp3) is 0.158. The third-order valence-corrected chi connectivity index (χ3v) is 4.83. The quantitative estimate of drug-likeness (QED) is 0.708. The molecule has 0 unspecified atom stereocenters. The van der Waals surface area contributed by atoms with Crippen LogP contribution in [0.3, 0.4) is 0 Å². The van der Waals surface area contributed by atoms with Gasteiger partial charge in [-0.2, -0.15) is 5.10 Å². The van der Waals surface area contributed by atoms with E-state index in [0.717, 1.165) is 0 Å². The standard InChI is InChI=1S/C19H16ClFN6O/c1-19(16-6-7-24-27(16)10-17(22)26-19)13-8-12(3-4-14(13)21)25-18(28)15-5-2-11(20)9-23-15/h2-9H,10H2,1H3,(H2,22,26)(H,25,28)/t19-/m1/s1. The van der Waals surface area contributed by atoms with Gasteiger partial charge in [-0.25, -0.2) is 9.37 Å². The molecule has 0 saturated carbocycles. The van der Waals surface area contributed by atoms with E-state index >= 15 is 0 Å². The summed E-state index contributed by atoms with van der Waals surface area (Å²) in [7, 11) is 0. The van der Waals surface area contributed by atoms with E-state index in [0.29, 0.717) is 28.8 Å². The summed E-state index contributed by atoms with van der Waals surface area (Å²) >= 11 is 5.79. The lowest BCUT2D eigenvalue weighted by Crippen LogP contribution is -2.37. The zero-order valence-electron chi connectivity index (χ0n) is 14.9. The van der Waals surface area contributed by atoms with Crippen LogP contribution < -0.4 is 11.1 Å². The van der Waals surface area contributed by atoms with Crippen molar-refractivity contribution in [3.8, 4) is 0 Å². The Balaban J connectivity index is 1.71. The van der Waals surface area contributed by atoms with Gasteiger partial charge in [-0.15, -0.1) is 0 Å². The molecule has 1 aliphatic rings. The van der Waals surface area contributed by atoms with Gasteiger partial charge in [0, 0.05) is 23.6 Å². The van der Waals surface area contributed by atoms with E-state index in [4.69, 9.17) is 17.3 Å². The summed E-state index contributed by atoms with van der Waals surface area (Å²) in [6.45, 7) is 2.11. The van der Waals surface area contributed by atoms with Gasteiger partial charge in [-0.05, 0) is 43.3 Å². The molecule has 3 aromatic rings. The lowest BCUT2D eigenvalue weighted by molar-refractivity contribution is 0.102. The maximum absolute atomic E-state index is 14.8. The summed E-state index contributed by atoms with van der Waals surface area (Å²) in [5.41, 5.74) is 6.48. The average Bonchev–Trinajstić information content (AvgIpc) is 3.13. The largest absolute Gasteiger partial charge is 0.386 e. The van der Waals surface area contributed by atoms with Crippen LogP contribution in [0.15, 0.2) is 53.8 Å². The zero-order chi connectivity index (χ0) is 19.9. The minimum Gasteiger partial charge on any atom is -0.386 e. The van der Waals surface area contributed by atoms with Crippen molar-refractivity contribution < 1.29 is 9.18 Å². The molecule has 1 atom stereocenters. The predicted octanol–water partition coefficient (Wildman–Crippen LogP) is 2.96. The van der Waals surface area contributed by atoms with Crippen molar-refractivity contribution in [3.05, 3.63) is 76.6 Å². The number of hydrogen-bond donors (Lipinski definition) is 2. The molecular weight excluding hydrogens is 383 g/mol. The molecule has 3 heterocycles. The number of carbonyl (C=O) groups is 1. The van der Waals surface area contributed by atoms with Gasteiger partial charge in [-0.1, -0.05) is 11.6 Å². The Hall–Kier alpha value is -3.26. The van der Waals surface area contributed by atoms with E-state index < -0.39 is 17.3 Å². The first kappa shape index (κ1) is 18.1. The van der Waals surface area contributed by atoms with Crippen LogP contribution in [0.1, 0.15) is 28.7 Å². The van der Waals surface area contributed by atoms with E-state index in [1.807, 2.05) is 0 Å². The van der Waals surface area contributed by atoms with Crippen LogP contribution in [0.4, 0.5) is 10.1 Å². The molecule has 4 rings (SSSR count). The normalized spacial score (nSPS) is 18.3. The number of benzene rings is 1. The SMILES string of the molecule is C[C@]1(c2cc(NC(=O)c3ccc(Cl)cn3)ccc2F)N=C(N)Cn2nccc21. The van der Waals surface area contributed by atoms with Crippen molar-refractivity contribution in [1.29, 1.82) is 0 Å². The van der Waals surface area contributed by atoms with Crippen molar-refractivity contribution in [1.82, 2.24) is 14.8 Å². The molecule has 0 bridgehead atoms. The number of halogens is 2. The minimum absolute atomic E-state index is 0.194. The molecule has 1 aliphatic heterocycles. The molecule has 0 aliphatic carbocycles. The summed E-state index contributed by atoms with van der Waals surface area (Å²) < 4.78 is 16.4. The number of nitrogens with two attached hydrogens (primary N) is 1. The van der Waals surface area contributed by atoms with E-state index in [9.17, 15) is 9.18 Å². The Morgan fingerprint density at radius 1 is 1.32 bits per heavy atom. The number of carbonyl (C=O) groups excluding carboxylic acids is 1. The number of aliphatic imine (C=N–C) groups is 1. The van der Waals surface area contributed by atoms with Gasteiger partial charge >= 0.3 is 0 Å². The van der Waals surface area contributed by atoms with E-state index in [-0.39, 0.29) is 11.3 Å². The number of nitrogens with zero attached hydrogens (tertiary/aromatic N) is 4. The average molecular weight is 399 g/mol. The minimum atomic E-state index is -1.07. The highest BCUT2D eigenvalue weighted by Gasteiger charge is 2.37. The molecule has 28 heavy (non-hydrogen) atoms. The number of amidine groups is 1. The molecule has 0 saturated heterocycles. The number of nitrogens with one attached hydrogen (secondary N) is 1. The summed E-state index contributed by atoms with van der Waals surface area (Å²) in [4.78, 5) is 20.9. The van der Waals surface area contributed by atoms with Crippen LogP contribution in [0.2, 0.25) is 5.02 Å². The Morgan fingerprint density at radius 3 is 2.89 bits per heavy atom. The number of anilines is 1. The zero-order valence-corrected chi connectivity index (χ0v) is 15.6. The first-order chi connectivity index (χ1) is 13.4. The first-order valence-corrected chi connectivity index (χ1v) is 8.84. The van der Waals surface area contributed by atoms with Crippen molar-refractivity contribution in [2.24, 2.45) is 10.7 Å². The third-order valence-electron chi connectivity index (χ3n) is 4.60. The van der Waals surface area contributed by atoms with E-state index in [1.165, 1.54) is 24.4 Å². The van der Waals surface area contributed by atoms with Crippen molar-refractivity contribution in [2.45, 2.75) is 19.0 Å². The lowest BCUT2D eigenvalue weighted by atomic mass is 9.87. The molecule has 7 nitrogen and oxygen atoms in total. The Bertz CT molecular complexity index is 1090. The second kappa shape index (κ2) is 6.72. The fourth-order valence-corrected chi connectivity index (χ4v) is 3.40. The molecule has 2 aromatic heterocycles. The van der Waals surface area contributed by atoms with Crippen LogP contribution in [0, 0.1) is 5.82 Å². The number of amides is 1. The highest BCUT2D eigenvalue weighted by molar-refractivity contribution is 6.30. The highest BCUT2D eigenvalue weighted by atomic mass is 35.5. The van der Waals surface area contributed by atoms with Crippen LogP contribution in [0.25, 0.3) is 0 Å². The number of fused-ring (bicyclic) bond motifs is 1. The van der Waals surface area contributed by atoms with Gasteiger partial charge in [0.05, 0.1) is 17.3 Å². The molecule has 3 N–H and O–H groups in total. The van der Waals surface area contributed by atoms with Gasteiger partial charge < -0.3 is 11.1 Å². The van der Waals surface area contributed by atoms with Gasteiger partial charge in [0.15, 0.2) is 0 Å². The highest BCUT2D eigenvalue weighted by Crippen LogP contribution is 2.38. The van der Waals surface area contributed by atoms with Crippen LogP contribution in [-0.2, 0) is 12.1 Å². The Morgan fingerprint density at radius 2 is 2.14 bits per heavy atom. The Labute approximate surface area is 165 Å². The number of pyridine rings is 1. The van der Waals surface area contributed by atoms with Gasteiger partial charge in [-0.3, -0.25) is 14.5 Å². The van der Waals surface area contributed by atoms with Gasteiger partial charge in [0.25, 0.3) is 5.91 Å². The van der Waals surface area contributed by atoms with Crippen molar-refractivity contribution in [3.63, 3.8) is 0 Å². The van der Waals surface area contributed by atoms with Crippen LogP contribution in [-0.4, -0.2) is 26.5 Å². The van der Waals surface area contributed by atoms with E-state index in [1.54, 1.807) is 36.0 Å². The molecule has 9 heteroatoms. The van der Waals surface area contributed by atoms with Gasteiger partial charge in [0.1, 0.15) is 22.9 Å². The monoisotopic (exact) mass is 398 g/mol. The number of hydrogen-bond acceptors (Lipinski definition) is 5. The molecule has 0 radical (unpaired) electrons. The summed E-state index contributed by atoms with van der Waals surface area (Å²) in [6.07, 6.45) is 3.01. The van der Waals surface area contributed by atoms with Gasteiger partial charge in [0.2, 0.25) is 0 Å². The lowest BCUT2D eigenvalue weighted by Gasteiger charge is -2.31. The molecule has 0 spiro atoms. The van der Waals surface area contributed by atoms with E-state index in [2.05, 4.69) is 20.4 Å². The molecular formula is C19H16ClFN6O. The second-order valence-electron chi connectivity index (χ2n) is 6.56. The van der Waals surface area contributed by atoms with Crippen LogP contribution in [0.5, 0.6) is 0 Å². The topological polar surface area (TPSA) is 98.2 Å². The molecule has 1 amide bonds. The molecule has 1 aromatic carbocycles. The third kappa shape index (κ3) is 3.11. The van der Waals surface area contributed by atoms with Crippen molar-refractivity contribution >= 4 is 29.0 Å². The second-order valence-corrected chi connectivity index (χ2v) is 7.00. The smallest absolute Gasteiger partial charge is 0.274 e. The predicted molar refractivity (Wildman–Crippen MR) is 104 cm³/mol. The summed E-state index contributed by atoms with van der Waals surface area (Å²) in [6, 6.07) is 9.16. The summed E-state index contributed by atoms with van der Waals surface area (Å²) in [5, 5.41) is 7.37. The molecule has 142 valence electrons.